The van der Waals surface area contributed by atoms with Crippen molar-refractivity contribution in [3.8, 4) is 0 Å². The summed E-state index contributed by atoms with van der Waals surface area (Å²) in [6.07, 6.45) is 7.60. The second-order valence-electron chi connectivity index (χ2n) is 5.44. The minimum absolute atomic E-state index is 0.468. The molecule has 1 aliphatic rings. The number of hydrogen-bond donors (Lipinski definition) is 2. The highest BCUT2D eigenvalue weighted by Gasteiger charge is 2.16. The van der Waals surface area contributed by atoms with Crippen molar-refractivity contribution in [3.63, 3.8) is 0 Å². The van der Waals surface area contributed by atoms with E-state index in [0.29, 0.717) is 12.0 Å². The Labute approximate surface area is 112 Å². The normalized spacial score (nSPS) is 19.7. The predicted molar refractivity (Wildman–Crippen MR) is 78.3 cm³/mol. The fraction of sp³-hybridized carbons (Fsp3) is 0.929. The minimum atomic E-state index is 0.468. The molecule has 1 atom stereocenters. The van der Waals surface area contributed by atoms with Gasteiger partial charge in [-0.05, 0) is 25.7 Å². The maximum absolute atomic E-state index is 5.66. The molecule has 0 aliphatic heterocycles. The third-order valence-electron chi connectivity index (χ3n) is 3.92. The summed E-state index contributed by atoms with van der Waals surface area (Å²) in [5.41, 5.74) is 2.81. The van der Waals surface area contributed by atoms with Gasteiger partial charge in [0.2, 0.25) is 5.96 Å². The molecular formula is C14H30N4. The molecule has 4 nitrogen and oxygen atoms in total. The second kappa shape index (κ2) is 8.35. The van der Waals surface area contributed by atoms with Crippen LogP contribution >= 0.6 is 0 Å². The minimum Gasteiger partial charge on any atom is -0.342 e. The van der Waals surface area contributed by atoms with Gasteiger partial charge >= 0.3 is 0 Å². The molecule has 1 fully saturated rings. The van der Waals surface area contributed by atoms with Gasteiger partial charge in [0.25, 0.3) is 0 Å². The van der Waals surface area contributed by atoms with E-state index < -0.39 is 0 Å². The van der Waals surface area contributed by atoms with Crippen LogP contribution in [0.15, 0.2) is 4.99 Å². The summed E-state index contributed by atoms with van der Waals surface area (Å²) in [5, 5.41) is 0. The Balaban J connectivity index is 2.62. The van der Waals surface area contributed by atoms with E-state index in [1.165, 1.54) is 38.5 Å². The molecule has 0 spiro atoms. The quantitative estimate of drug-likeness (QED) is 0.343. The molecule has 0 aromatic heterocycles. The topological polar surface area (TPSA) is 53.6 Å². The van der Waals surface area contributed by atoms with Gasteiger partial charge in [0.15, 0.2) is 0 Å². The number of hydrazine groups is 1. The summed E-state index contributed by atoms with van der Waals surface area (Å²) in [6.45, 7) is 8.66. The highest BCUT2D eigenvalue weighted by atomic mass is 15.4. The van der Waals surface area contributed by atoms with Gasteiger partial charge in [0.1, 0.15) is 0 Å². The van der Waals surface area contributed by atoms with Crippen LogP contribution in [0.25, 0.3) is 0 Å². The van der Waals surface area contributed by atoms with E-state index >= 15 is 0 Å². The first-order valence-electron chi connectivity index (χ1n) is 7.50. The first-order valence-corrected chi connectivity index (χ1v) is 7.50. The molecule has 1 unspecified atom stereocenters. The molecule has 0 bridgehead atoms. The Hall–Kier alpha value is -0.770. The van der Waals surface area contributed by atoms with Crippen molar-refractivity contribution < 1.29 is 0 Å². The monoisotopic (exact) mass is 254 g/mol. The van der Waals surface area contributed by atoms with E-state index in [1.54, 1.807) is 0 Å². The van der Waals surface area contributed by atoms with Gasteiger partial charge in [-0.15, -0.1) is 0 Å². The molecule has 1 rings (SSSR count). The molecule has 4 heteroatoms. The summed E-state index contributed by atoms with van der Waals surface area (Å²) in [4.78, 5) is 7.09. The fourth-order valence-corrected chi connectivity index (χ4v) is 2.46. The van der Waals surface area contributed by atoms with Gasteiger partial charge < -0.3 is 4.90 Å². The van der Waals surface area contributed by atoms with Gasteiger partial charge in [-0.3, -0.25) is 5.43 Å². The maximum atomic E-state index is 5.66. The highest BCUT2D eigenvalue weighted by Crippen LogP contribution is 2.20. The lowest BCUT2D eigenvalue weighted by molar-refractivity contribution is 0.343. The van der Waals surface area contributed by atoms with Crippen LogP contribution in [0.2, 0.25) is 0 Å². The third kappa shape index (κ3) is 4.84. The zero-order chi connectivity index (χ0) is 13.4. The molecule has 3 N–H and O–H groups in total. The number of guanidine groups is 1. The number of nitrogens with zero attached hydrogens (tertiary/aromatic N) is 2. The lowest BCUT2D eigenvalue weighted by Crippen LogP contribution is -2.47. The Morgan fingerprint density at radius 2 is 2.00 bits per heavy atom. The van der Waals surface area contributed by atoms with E-state index in [1.807, 2.05) is 0 Å². The fourth-order valence-electron chi connectivity index (χ4n) is 2.46. The van der Waals surface area contributed by atoms with Crippen molar-refractivity contribution in [2.24, 2.45) is 16.8 Å². The highest BCUT2D eigenvalue weighted by molar-refractivity contribution is 5.79. The molecule has 0 aromatic carbocycles. The number of aliphatic imine (C=N–C) groups is 1. The van der Waals surface area contributed by atoms with E-state index in [9.17, 15) is 0 Å². The average Bonchev–Trinajstić information content (AvgIpc) is 2.43. The van der Waals surface area contributed by atoms with Crippen molar-refractivity contribution >= 4 is 5.96 Å². The number of hydrogen-bond acceptors (Lipinski definition) is 2. The Morgan fingerprint density at radius 3 is 2.50 bits per heavy atom. The number of nitrogens with one attached hydrogen (secondary N) is 1. The largest absolute Gasteiger partial charge is 0.342 e. The number of rotatable bonds is 5. The van der Waals surface area contributed by atoms with Crippen LogP contribution in [0.1, 0.15) is 59.3 Å². The summed E-state index contributed by atoms with van der Waals surface area (Å²) in [5.74, 6) is 7.22. The zero-order valence-electron chi connectivity index (χ0n) is 12.3. The van der Waals surface area contributed by atoms with Crippen LogP contribution in [0.3, 0.4) is 0 Å². The first kappa shape index (κ1) is 15.3. The van der Waals surface area contributed by atoms with E-state index in [4.69, 9.17) is 10.8 Å². The van der Waals surface area contributed by atoms with Gasteiger partial charge in [0, 0.05) is 13.1 Å². The van der Waals surface area contributed by atoms with E-state index in [2.05, 4.69) is 31.1 Å². The molecule has 18 heavy (non-hydrogen) atoms. The van der Waals surface area contributed by atoms with Crippen molar-refractivity contribution in [1.82, 2.24) is 10.3 Å². The molecular weight excluding hydrogens is 224 g/mol. The zero-order valence-corrected chi connectivity index (χ0v) is 12.3. The Bertz CT molecular complexity index is 246. The average molecular weight is 254 g/mol. The van der Waals surface area contributed by atoms with Crippen molar-refractivity contribution in [1.29, 1.82) is 0 Å². The maximum Gasteiger partial charge on any atom is 0.208 e. The standard InChI is InChI=1S/C14H30N4/c1-4-12(3)11-18(5-2)14(17-15)16-13-9-7-6-8-10-13/h12-13H,4-11,15H2,1-3H3,(H,16,17). The van der Waals surface area contributed by atoms with Crippen LogP contribution in [-0.4, -0.2) is 30.0 Å². The van der Waals surface area contributed by atoms with Crippen LogP contribution in [0, 0.1) is 5.92 Å². The lowest BCUT2D eigenvalue weighted by Gasteiger charge is -2.28. The molecule has 0 heterocycles. The van der Waals surface area contributed by atoms with Crippen LogP contribution in [0.5, 0.6) is 0 Å². The molecule has 0 aromatic rings. The molecule has 0 radical (unpaired) electrons. The van der Waals surface area contributed by atoms with Crippen LogP contribution in [-0.2, 0) is 0 Å². The van der Waals surface area contributed by atoms with Gasteiger partial charge in [-0.25, -0.2) is 10.8 Å². The molecule has 0 amide bonds. The second-order valence-corrected chi connectivity index (χ2v) is 5.44. The van der Waals surface area contributed by atoms with Crippen LogP contribution in [0.4, 0.5) is 0 Å². The van der Waals surface area contributed by atoms with E-state index in [0.717, 1.165) is 19.0 Å². The molecule has 1 saturated carbocycles. The van der Waals surface area contributed by atoms with Crippen molar-refractivity contribution in [2.45, 2.75) is 65.3 Å². The van der Waals surface area contributed by atoms with Gasteiger partial charge in [-0.1, -0.05) is 39.5 Å². The third-order valence-corrected chi connectivity index (χ3v) is 3.92. The van der Waals surface area contributed by atoms with Crippen LogP contribution < -0.4 is 11.3 Å². The van der Waals surface area contributed by atoms with E-state index in [-0.39, 0.29) is 0 Å². The summed E-state index contributed by atoms with van der Waals surface area (Å²) >= 11 is 0. The van der Waals surface area contributed by atoms with Crippen molar-refractivity contribution in [2.75, 3.05) is 13.1 Å². The number of nitrogens with two attached hydrogens (primary N) is 1. The molecule has 0 saturated heterocycles. The smallest absolute Gasteiger partial charge is 0.208 e. The summed E-state index contributed by atoms with van der Waals surface area (Å²) in [7, 11) is 0. The van der Waals surface area contributed by atoms with Crippen molar-refractivity contribution in [3.05, 3.63) is 0 Å². The summed E-state index contributed by atoms with van der Waals surface area (Å²) in [6, 6.07) is 0.468. The molecule has 106 valence electrons. The predicted octanol–water partition coefficient (Wildman–Crippen LogP) is 2.51. The SMILES string of the molecule is CCC(C)CN(CC)C(=NC1CCCCC1)NN. The summed E-state index contributed by atoms with van der Waals surface area (Å²) < 4.78 is 0. The Morgan fingerprint density at radius 1 is 1.33 bits per heavy atom. The first-order chi connectivity index (χ1) is 8.71. The van der Waals surface area contributed by atoms with Gasteiger partial charge in [0.05, 0.1) is 6.04 Å². The molecule has 1 aliphatic carbocycles. The lowest BCUT2D eigenvalue weighted by atomic mass is 9.96. The van der Waals surface area contributed by atoms with Gasteiger partial charge in [-0.2, -0.15) is 0 Å². The Kier molecular flexibility index (Phi) is 7.09.